The minimum atomic E-state index is -1.13. The number of nitrogens with one attached hydrogen (secondary N) is 1. The van der Waals surface area contributed by atoms with Crippen molar-refractivity contribution in [1.82, 2.24) is 9.78 Å². The van der Waals surface area contributed by atoms with Crippen LogP contribution in [0.2, 0.25) is 0 Å². The molecule has 0 radical (unpaired) electrons. The number of carbonyl (C=O) groups is 1. The van der Waals surface area contributed by atoms with Crippen LogP contribution in [0.1, 0.15) is 54.7 Å². The maximum atomic E-state index is 11.9. The van der Waals surface area contributed by atoms with Gasteiger partial charge in [0.2, 0.25) is 0 Å². The Morgan fingerprint density at radius 1 is 1.50 bits per heavy atom. The number of H-pyrrole nitrogens is 1. The first kappa shape index (κ1) is 11.0. The van der Waals surface area contributed by atoms with E-state index in [1.165, 1.54) is 4.68 Å². The molecule has 0 unspecified atom stereocenters. The lowest BCUT2D eigenvalue weighted by atomic mass is 10.2. The molecular weight excluding hydrogens is 208 g/mol. The molecule has 0 spiro atoms. The predicted octanol–water partition coefficient (Wildman–Crippen LogP) is 1.55. The van der Waals surface area contributed by atoms with Gasteiger partial charge in [0, 0.05) is 0 Å². The van der Waals surface area contributed by atoms with E-state index in [1.54, 1.807) is 0 Å². The number of hydrogen-bond donors (Lipinski definition) is 2. The van der Waals surface area contributed by atoms with Crippen LogP contribution in [0.25, 0.3) is 0 Å². The Balaban J connectivity index is 2.47. The second-order valence-corrected chi connectivity index (χ2v) is 4.24. The molecule has 0 bridgehead atoms. The van der Waals surface area contributed by atoms with E-state index < -0.39 is 5.97 Å². The molecule has 1 fully saturated rings. The van der Waals surface area contributed by atoms with E-state index in [9.17, 15) is 9.59 Å². The summed E-state index contributed by atoms with van der Waals surface area (Å²) in [7, 11) is 0. The van der Waals surface area contributed by atoms with Crippen molar-refractivity contribution >= 4 is 5.97 Å². The summed E-state index contributed by atoms with van der Waals surface area (Å²) in [5.74, 6) is -1.13. The number of rotatable bonds is 3. The molecule has 2 N–H and O–H groups in total. The van der Waals surface area contributed by atoms with Crippen LogP contribution in [-0.2, 0) is 6.42 Å². The summed E-state index contributed by atoms with van der Waals surface area (Å²) in [5.41, 5.74) is 0.0649. The van der Waals surface area contributed by atoms with Crippen molar-refractivity contribution < 1.29 is 9.90 Å². The van der Waals surface area contributed by atoms with Gasteiger partial charge >= 0.3 is 5.97 Å². The molecular formula is C11H16N2O3. The van der Waals surface area contributed by atoms with Crippen molar-refractivity contribution in [2.75, 3.05) is 0 Å². The van der Waals surface area contributed by atoms with Crippen LogP contribution in [0.4, 0.5) is 0 Å². The number of aromatic nitrogens is 2. The molecule has 5 heteroatoms. The number of aryl methyl sites for hydroxylation is 1. The third-order valence-corrected chi connectivity index (χ3v) is 3.25. The first-order valence-corrected chi connectivity index (χ1v) is 5.71. The van der Waals surface area contributed by atoms with Gasteiger partial charge in [0.15, 0.2) is 0 Å². The van der Waals surface area contributed by atoms with E-state index >= 15 is 0 Å². The minimum Gasteiger partial charge on any atom is -0.477 e. The second-order valence-electron chi connectivity index (χ2n) is 4.24. The summed E-state index contributed by atoms with van der Waals surface area (Å²) in [4.78, 5) is 22.9. The van der Waals surface area contributed by atoms with Crippen molar-refractivity contribution in [3.8, 4) is 0 Å². The van der Waals surface area contributed by atoms with Crippen LogP contribution < -0.4 is 5.56 Å². The van der Waals surface area contributed by atoms with Crippen LogP contribution in [-0.4, -0.2) is 20.9 Å². The minimum absolute atomic E-state index is 0.0885. The summed E-state index contributed by atoms with van der Waals surface area (Å²) in [5, 5.41) is 11.9. The maximum absolute atomic E-state index is 11.9. The highest BCUT2D eigenvalue weighted by Crippen LogP contribution is 2.28. The van der Waals surface area contributed by atoms with Crippen molar-refractivity contribution in [2.45, 2.75) is 45.1 Å². The Hall–Kier alpha value is -1.52. The SMILES string of the molecule is CCc1[nH]n(C2CCCC2)c(=O)c1C(=O)O. The van der Waals surface area contributed by atoms with Gasteiger partial charge in [-0.1, -0.05) is 19.8 Å². The molecule has 0 aromatic carbocycles. The number of aromatic carboxylic acids is 1. The highest BCUT2D eigenvalue weighted by Gasteiger charge is 2.25. The molecule has 1 heterocycles. The standard InChI is InChI=1S/C11H16N2O3/c1-2-8-9(11(15)16)10(14)13(12-8)7-5-3-4-6-7/h7,12H,2-6H2,1H3,(H,15,16). The van der Waals surface area contributed by atoms with E-state index in [1.807, 2.05) is 6.92 Å². The highest BCUT2D eigenvalue weighted by molar-refractivity contribution is 5.88. The van der Waals surface area contributed by atoms with Gasteiger partial charge in [-0.25, -0.2) is 9.48 Å². The van der Waals surface area contributed by atoms with Gasteiger partial charge < -0.3 is 5.11 Å². The van der Waals surface area contributed by atoms with E-state index in [4.69, 9.17) is 5.11 Å². The monoisotopic (exact) mass is 224 g/mol. The molecule has 1 aliphatic rings. The van der Waals surface area contributed by atoms with Crippen molar-refractivity contribution in [3.05, 3.63) is 21.6 Å². The van der Waals surface area contributed by atoms with Gasteiger partial charge in [0.25, 0.3) is 5.56 Å². The number of hydrogen-bond acceptors (Lipinski definition) is 2. The van der Waals surface area contributed by atoms with Crippen molar-refractivity contribution in [2.24, 2.45) is 0 Å². The van der Waals surface area contributed by atoms with Crippen LogP contribution in [0.15, 0.2) is 4.79 Å². The lowest BCUT2D eigenvalue weighted by Crippen LogP contribution is -2.24. The zero-order valence-electron chi connectivity index (χ0n) is 9.32. The molecule has 1 aromatic heterocycles. The highest BCUT2D eigenvalue weighted by atomic mass is 16.4. The third-order valence-electron chi connectivity index (χ3n) is 3.25. The van der Waals surface area contributed by atoms with Crippen LogP contribution in [0.3, 0.4) is 0 Å². The van der Waals surface area contributed by atoms with E-state index in [0.29, 0.717) is 12.1 Å². The van der Waals surface area contributed by atoms with E-state index in [0.717, 1.165) is 25.7 Å². The molecule has 88 valence electrons. The van der Waals surface area contributed by atoms with Crippen LogP contribution in [0, 0.1) is 0 Å². The van der Waals surface area contributed by atoms with E-state index in [-0.39, 0.29) is 17.2 Å². The molecule has 0 atom stereocenters. The summed E-state index contributed by atoms with van der Waals surface area (Å²) in [6, 6.07) is 0.158. The topological polar surface area (TPSA) is 75.1 Å². The molecule has 2 rings (SSSR count). The summed E-state index contributed by atoms with van der Waals surface area (Å²) < 4.78 is 1.51. The lowest BCUT2D eigenvalue weighted by Gasteiger charge is -2.09. The molecule has 1 aliphatic carbocycles. The summed E-state index contributed by atoms with van der Waals surface area (Å²) in [6.07, 6.45) is 4.68. The predicted molar refractivity (Wildman–Crippen MR) is 58.9 cm³/mol. The summed E-state index contributed by atoms with van der Waals surface area (Å²) in [6.45, 7) is 1.84. The molecule has 0 saturated heterocycles. The number of carboxylic acids is 1. The third kappa shape index (κ3) is 1.66. The van der Waals surface area contributed by atoms with Gasteiger partial charge in [0.1, 0.15) is 5.56 Å². The molecule has 1 aromatic rings. The van der Waals surface area contributed by atoms with Gasteiger partial charge in [-0.05, 0) is 19.3 Å². The van der Waals surface area contributed by atoms with Crippen LogP contribution in [0.5, 0.6) is 0 Å². The van der Waals surface area contributed by atoms with Gasteiger partial charge in [-0.2, -0.15) is 0 Å². The first-order chi connectivity index (χ1) is 7.65. The van der Waals surface area contributed by atoms with Gasteiger partial charge in [-0.15, -0.1) is 0 Å². The van der Waals surface area contributed by atoms with Gasteiger partial charge in [0.05, 0.1) is 11.7 Å². The van der Waals surface area contributed by atoms with Gasteiger partial charge in [-0.3, -0.25) is 9.89 Å². The zero-order valence-corrected chi connectivity index (χ0v) is 9.32. The van der Waals surface area contributed by atoms with Crippen molar-refractivity contribution in [3.63, 3.8) is 0 Å². The fourth-order valence-corrected chi connectivity index (χ4v) is 2.40. The van der Waals surface area contributed by atoms with Crippen LogP contribution >= 0.6 is 0 Å². The molecule has 0 amide bonds. The largest absolute Gasteiger partial charge is 0.477 e. The fourth-order valence-electron chi connectivity index (χ4n) is 2.40. The Bertz CT molecular complexity index is 452. The Kier molecular flexibility index (Phi) is 2.85. The molecule has 16 heavy (non-hydrogen) atoms. The molecule has 5 nitrogen and oxygen atoms in total. The summed E-state index contributed by atoms with van der Waals surface area (Å²) >= 11 is 0. The molecule has 1 saturated carbocycles. The average molecular weight is 224 g/mol. The Labute approximate surface area is 93.1 Å². The second kappa shape index (κ2) is 4.15. The number of carboxylic acid groups (broad SMARTS) is 1. The van der Waals surface area contributed by atoms with Crippen molar-refractivity contribution in [1.29, 1.82) is 0 Å². The first-order valence-electron chi connectivity index (χ1n) is 5.71. The number of nitrogens with zero attached hydrogens (tertiary/aromatic N) is 1. The Morgan fingerprint density at radius 2 is 2.12 bits per heavy atom. The smallest absolute Gasteiger partial charge is 0.343 e. The maximum Gasteiger partial charge on any atom is 0.343 e. The normalized spacial score (nSPS) is 16.8. The van der Waals surface area contributed by atoms with E-state index in [2.05, 4.69) is 5.10 Å². The quantitative estimate of drug-likeness (QED) is 0.818. The fraction of sp³-hybridized carbons (Fsp3) is 0.636. The Morgan fingerprint density at radius 3 is 2.56 bits per heavy atom. The average Bonchev–Trinajstić information content (AvgIpc) is 2.83. The number of aromatic amines is 1. The lowest BCUT2D eigenvalue weighted by molar-refractivity contribution is 0.0694. The zero-order chi connectivity index (χ0) is 11.7. The molecule has 0 aliphatic heterocycles.